The molecule has 132 valence electrons. The zero-order valence-electron chi connectivity index (χ0n) is 15.7. The summed E-state index contributed by atoms with van der Waals surface area (Å²) in [7, 11) is 0.425. The molecule has 0 heterocycles. The van der Waals surface area contributed by atoms with Gasteiger partial charge in [0, 0.05) is 0 Å². The maximum absolute atomic E-state index is 12.0. The van der Waals surface area contributed by atoms with Crippen molar-refractivity contribution in [1.29, 1.82) is 0 Å². The van der Waals surface area contributed by atoms with Crippen LogP contribution in [0.25, 0.3) is 0 Å². The summed E-state index contributed by atoms with van der Waals surface area (Å²) in [5, 5.41) is 0.105. The first-order valence-electron chi connectivity index (χ1n) is 10.1. The summed E-state index contributed by atoms with van der Waals surface area (Å²) < 4.78 is 12.0. The Morgan fingerprint density at radius 3 is 1.23 bits per heavy atom. The molecular weight excluding hydrogens is 287 g/mol. The molecule has 0 saturated heterocycles. The summed E-state index contributed by atoms with van der Waals surface area (Å²) in [6.07, 6.45) is 20.6. The summed E-state index contributed by atoms with van der Waals surface area (Å²) in [4.78, 5) is 0. The second-order valence-corrected chi connectivity index (χ2v) is 8.23. The molecule has 0 aromatic carbocycles. The second-order valence-electron chi connectivity index (χ2n) is 7.10. The van der Waals surface area contributed by atoms with Crippen molar-refractivity contribution >= 4 is 8.46 Å². The molecule has 0 unspecified atom stereocenters. The highest BCUT2D eigenvalue weighted by atomic mass is 31.1. The minimum atomic E-state index is 0.105. The molecule has 2 heteroatoms. The van der Waals surface area contributed by atoms with Gasteiger partial charge in [0.05, 0.1) is 5.16 Å². The van der Waals surface area contributed by atoms with E-state index in [1.165, 1.54) is 103 Å². The van der Waals surface area contributed by atoms with Crippen LogP contribution in [0.4, 0.5) is 0 Å². The van der Waals surface area contributed by atoms with Crippen molar-refractivity contribution in [3.8, 4) is 0 Å². The third kappa shape index (κ3) is 11.6. The van der Waals surface area contributed by atoms with Crippen molar-refractivity contribution < 1.29 is 4.57 Å². The van der Waals surface area contributed by atoms with Crippen molar-refractivity contribution in [3.63, 3.8) is 0 Å². The quantitative estimate of drug-likeness (QED) is 0.194. The topological polar surface area (TPSA) is 17.1 Å². The lowest BCUT2D eigenvalue weighted by atomic mass is 9.88. The highest BCUT2D eigenvalue weighted by molar-refractivity contribution is 7.26. The van der Waals surface area contributed by atoms with Crippen LogP contribution in [0, 0.1) is 0 Å². The van der Waals surface area contributed by atoms with Gasteiger partial charge in [0.25, 0.3) is 0 Å². The molecule has 0 aromatic rings. The average molecular weight is 329 g/mol. The molecule has 0 saturated carbocycles. The lowest BCUT2D eigenvalue weighted by Gasteiger charge is -2.27. The molecule has 0 fully saturated rings. The Kier molecular flexibility index (Phi) is 16.0. The molecule has 0 aromatic heterocycles. The predicted octanol–water partition coefficient (Wildman–Crippen LogP) is 8.32. The third-order valence-corrected chi connectivity index (χ3v) is 5.99. The Labute approximate surface area is 142 Å². The first-order valence-corrected chi connectivity index (χ1v) is 10.9. The van der Waals surface area contributed by atoms with Crippen LogP contribution in [0.5, 0.6) is 0 Å². The Balaban J connectivity index is 4.21. The van der Waals surface area contributed by atoms with Gasteiger partial charge in [0.2, 0.25) is 0 Å². The maximum Gasteiger partial charge on any atom is 0.162 e. The van der Waals surface area contributed by atoms with Crippen molar-refractivity contribution in [2.45, 2.75) is 129 Å². The summed E-state index contributed by atoms with van der Waals surface area (Å²) in [5.74, 6) is 0. The minimum absolute atomic E-state index is 0.105. The first kappa shape index (κ1) is 22.1. The van der Waals surface area contributed by atoms with Crippen LogP contribution < -0.4 is 0 Å². The molecule has 0 aliphatic rings. The fourth-order valence-electron chi connectivity index (χ4n) is 3.33. The monoisotopic (exact) mass is 328 g/mol. The molecular formula is C20H41OP. The number of hydrogen-bond acceptors (Lipinski definition) is 1. The zero-order chi connectivity index (χ0) is 16.5. The number of rotatable bonds is 17. The highest BCUT2D eigenvalue weighted by Gasteiger charge is 2.29. The van der Waals surface area contributed by atoms with Crippen LogP contribution in [0.2, 0.25) is 0 Å². The summed E-state index contributed by atoms with van der Waals surface area (Å²) in [6.45, 7) is 6.79. The van der Waals surface area contributed by atoms with Gasteiger partial charge in [-0.15, -0.1) is 0 Å². The lowest BCUT2D eigenvalue weighted by molar-refractivity contribution is 0.393. The Morgan fingerprint density at radius 1 is 0.545 bits per heavy atom. The molecule has 0 aliphatic carbocycles. The van der Waals surface area contributed by atoms with Crippen LogP contribution >= 0.6 is 8.46 Å². The second kappa shape index (κ2) is 16.0. The van der Waals surface area contributed by atoms with Crippen molar-refractivity contribution in [1.82, 2.24) is 0 Å². The predicted molar refractivity (Wildman–Crippen MR) is 101 cm³/mol. The van der Waals surface area contributed by atoms with Gasteiger partial charge in [-0.1, -0.05) is 104 Å². The van der Waals surface area contributed by atoms with E-state index in [1.807, 2.05) is 0 Å². The molecule has 1 nitrogen and oxygen atoms in total. The van der Waals surface area contributed by atoms with E-state index in [0.717, 1.165) is 0 Å². The van der Waals surface area contributed by atoms with Gasteiger partial charge in [-0.3, -0.25) is 4.57 Å². The van der Waals surface area contributed by atoms with Gasteiger partial charge in [-0.05, 0) is 19.3 Å². The molecule has 0 aliphatic heterocycles. The fourth-order valence-corrected chi connectivity index (χ4v) is 4.08. The molecule has 0 amide bonds. The van der Waals surface area contributed by atoms with E-state index in [9.17, 15) is 4.57 Å². The largest absolute Gasteiger partial charge is 0.274 e. The molecule has 0 spiro atoms. The first-order chi connectivity index (χ1) is 10.7. The third-order valence-electron chi connectivity index (χ3n) is 4.93. The smallest absolute Gasteiger partial charge is 0.162 e. The van der Waals surface area contributed by atoms with E-state index in [-0.39, 0.29) is 5.16 Å². The molecule has 0 bridgehead atoms. The number of unbranched alkanes of at least 4 members (excludes halogenated alkanes) is 10. The van der Waals surface area contributed by atoms with E-state index in [4.69, 9.17) is 0 Å². The van der Waals surface area contributed by atoms with Crippen LogP contribution in [0.1, 0.15) is 124 Å². The van der Waals surface area contributed by atoms with Gasteiger partial charge >= 0.3 is 0 Å². The van der Waals surface area contributed by atoms with E-state index in [0.29, 0.717) is 8.46 Å². The summed E-state index contributed by atoms with van der Waals surface area (Å²) in [5.41, 5.74) is 0. The van der Waals surface area contributed by atoms with E-state index in [1.54, 1.807) is 0 Å². The van der Waals surface area contributed by atoms with Gasteiger partial charge < -0.3 is 0 Å². The average Bonchev–Trinajstić information content (AvgIpc) is 2.54. The Morgan fingerprint density at radius 2 is 0.864 bits per heavy atom. The Bertz CT molecular complexity index is 226. The lowest BCUT2D eigenvalue weighted by Crippen LogP contribution is -2.21. The standard InChI is InChI=1S/C20H41OP/c1-4-7-10-12-15-18-20(22-21,17-14-9-6-3)19-16-13-11-8-5-2/h4-19H2,1-3H3. The molecule has 0 radical (unpaired) electrons. The van der Waals surface area contributed by atoms with Crippen LogP contribution in [-0.4, -0.2) is 5.16 Å². The van der Waals surface area contributed by atoms with Crippen LogP contribution in [0.3, 0.4) is 0 Å². The van der Waals surface area contributed by atoms with Crippen molar-refractivity contribution in [2.24, 2.45) is 0 Å². The van der Waals surface area contributed by atoms with Gasteiger partial charge in [-0.2, -0.15) is 0 Å². The van der Waals surface area contributed by atoms with E-state index in [2.05, 4.69) is 20.8 Å². The molecule has 0 atom stereocenters. The molecule has 0 rings (SSSR count). The SMILES string of the molecule is CCCCCCCC(CCCCC)(CCCCCCC)P=O. The fraction of sp³-hybridized carbons (Fsp3) is 1.00. The Hall–Kier alpha value is 0.100. The van der Waals surface area contributed by atoms with Gasteiger partial charge in [-0.25, -0.2) is 0 Å². The van der Waals surface area contributed by atoms with Gasteiger partial charge in [0.1, 0.15) is 0 Å². The normalized spacial score (nSPS) is 12.1. The maximum atomic E-state index is 12.0. The molecule has 0 N–H and O–H groups in total. The van der Waals surface area contributed by atoms with Crippen molar-refractivity contribution in [3.05, 3.63) is 0 Å². The summed E-state index contributed by atoms with van der Waals surface area (Å²) in [6, 6.07) is 0. The van der Waals surface area contributed by atoms with Crippen LogP contribution in [0.15, 0.2) is 0 Å². The number of hydrogen-bond donors (Lipinski definition) is 0. The molecule has 22 heavy (non-hydrogen) atoms. The van der Waals surface area contributed by atoms with E-state index >= 15 is 0 Å². The minimum Gasteiger partial charge on any atom is -0.274 e. The highest BCUT2D eigenvalue weighted by Crippen LogP contribution is 2.40. The van der Waals surface area contributed by atoms with Crippen LogP contribution in [-0.2, 0) is 4.57 Å². The summed E-state index contributed by atoms with van der Waals surface area (Å²) >= 11 is 0. The van der Waals surface area contributed by atoms with Gasteiger partial charge in [0.15, 0.2) is 8.46 Å². The zero-order valence-corrected chi connectivity index (χ0v) is 16.6. The van der Waals surface area contributed by atoms with E-state index < -0.39 is 0 Å². The van der Waals surface area contributed by atoms with Crippen molar-refractivity contribution in [2.75, 3.05) is 0 Å².